The number of hydrogen-bond acceptors (Lipinski definition) is 4. The van der Waals surface area contributed by atoms with Crippen molar-refractivity contribution in [2.24, 2.45) is 5.92 Å². The molecule has 116 valence electrons. The second kappa shape index (κ2) is 5.77. The lowest BCUT2D eigenvalue weighted by Gasteiger charge is -2.24. The monoisotopic (exact) mass is 319 g/mol. The third kappa shape index (κ3) is 2.40. The number of benzene rings is 1. The van der Waals surface area contributed by atoms with Crippen molar-refractivity contribution in [3.05, 3.63) is 36.4 Å². The summed E-state index contributed by atoms with van der Waals surface area (Å²) in [7, 11) is 0. The van der Waals surface area contributed by atoms with Gasteiger partial charge in [-0.15, -0.1) is 4.31 Å². The SMILES string of the molecule is [O-][S+](c1cccc2cncc(F)c12)N1CC2CCCNC2C1. The Morgan fingerprint density at radius 1 is 1.32 bits per heavy atom. The first-order chi connectivity index (χ1) is 10.7. The highest BCUT2D eigenvalue weighted by atomic mass is 32.2. The Kier molecular flexibility index (Phi) is 3.78. The van der Waals surface area contributed by atoms with Gasteiger partial charge in [0, 0.05) is 24.2 Å². The van der Waals surface area contributed by atoms with Crippen LogP contribution in [0.4, 0.5) is 4.39 Å². The number of pyridine rings is 1. The summed E-state index contributed by atoms with van der Waals surface area (Å²) >= 11 is -1.33. The summed E-state index contributed by atoms with van der Waals surface area (Å²) in [4.78, 5) is 4.42. The van der Waals surface area contributed by atoms with Crippen LogP contribution in [0.3, 0.4) is 0 Å². The summed E-state index contributed by atoms with van der Waals surface area (Å²) in [5.74, 6) is 0.148. The molecule has 1 aromatic carbocycles. The fourth-order valence-electron chi connectivity index (χ4n) is 3.59. The van der Waals surface area contributed by atoms with Gasteiger partial charge in [-0.1, -0.05) is 12.1 Å². The van der Waals surface area contributed by atoms with Crippen LogP contribution >= 0.6 is 0 Å². The van der Waals surface area contributed by atoms with E-state index in [4.69, 9.17) is 0 Å². The lowest BCUT2D eigenvalue weighted by Crippen LogP contribution is -2.41. The Morgan fingerprint density at radius 2 is 2.23 bits per heavy atom. The zero-order chi connectivity index (χ0) is 15.1. The molecule has 2 saturated heterocycles. The average Bonchev–Trinajstić information content (AvgIpc) is 2.98. The van der Waals surface area contributed by atoms with Gasteiger partial charge in [-0.25, -0.2) is 4.39 Å². The summed E-state index contributed by atoms with van der Waals surface area (Å²) in [5, 5.41) is 4.63. The molecule has 2 aliphatic rings. The van der Waals surface area contributed by atoms with Crippen molar-refractivity contribution in [2.45, 2.75) is 23.8 Å². The minimum absolute atomic E-state index is 0.406. The van der Waals surface area contributed by atoms with Crippen LogP contribution in [-0.2, 0) is 11.4 Å². The number of nitrogens with zero attached hydrogens (tertiary/aromatic N) is 2. The third-order valence-electron chi connectivity index (χ3n) is 4.69. The van der Waals surface area contributed by atoms with E-state index in [1.165, 1.54) is 19.0 Å². The van der Waals surface area contributed by atoms with Crippen LogP contribution < -0.4 is 5.32 Å². The molecule has 0 spiro atoms. The maximum absolute atomic E-state index is 14.2. The average molecular weight is 319 g/mol. The van der Waals surface area contributed by atoms with Crippen molar-refractivity contribution in [3.63, 3.8) is 0 Å². The van der Waals surface area contributed by atoms with Gasteiger partial charge in [0.2, 0.25) is 0 Å². The van der Waals surface area contributed by atoms with E-state index in [1.54, 1.807) is 18.3 Å². The molecular weight excluding hydrogens is 301 g/mol. The van der Waals surface area contributed by atoms with Crippen LogP contribution in [0.25, 0.3) is 10.8 Å². The van der Waals surface area contributed by atoms with Crippen molar-refractivity contribution >= 4 is 22.1 Å². The molecule has 2 aromatic rings. The summed E-state index contributed by atoms with van der Waals surface area (Å²) in [6.07, 6.45) is 5.16. The highest BCUT2D eigenvalue weighted by molar-refractivity contribution is 7.89. The molecule has 4 nitrogen and oxygen atoms in total. The molecule has 2 fully saturated rings. The van der Waals surface area contributed by atoms with Crippen molar-refractivity contribution in [1.82, 2.24) is 14.6 Å². The molecule has 0 aliphatic carbocycles. The predicted octanol–water partition coefficient (Wildman–Crippen LogP) is 2.08. The minimum atomic E-state index is -1.33. The molecule has 6 heteroatoms. The van der Waals surface area contributed by atoms with Crippen molar-refractivity contribution in [2.75, 3.05) is 19.6 Å². The summed E-state index contributed by atoms with van der Waals surface area (Å²) in [6, 6.07) is 5.80. The van der Waals surface area contributed by atoms with E-state index < -0.39 is 17.2 Å². The van der Waals surface area contributed by atoms with Crippen LogP contribution in [-0.4, -0.2) is 39.5 Å². The van der Waals surface area contributed by atoms with Crippen LogP contribution in [0, 0.1) is 11.7 Å². The molecule has 1 N–H and O–H groups in total. The van der Waals surface area contributed by atoms with Crippen molar-refractivity contribution in [3.8, 4) is 0 Å². The maximum Gasteiger partial charge on any atom is 0.185 e. The van der Waals surface area contributed by atoms with Crippen molar-refractivity contribution < 1.29 is 8.94 Å². The largest absolute Gasteiger partial charge is 0.593 e. The molecule has 0 amide bonds. The highest BCUT2D eigenvalue weighted by Crippen LogP contribution is 2.32. The quantitative estimate of drug-likeness (QED) is 0.861. The smallest absolute Gasteiger partial charge is 0.185 e. The summed E-state index contributed by atoms with van der Waals surface area (Å²) < 4.78 is 29.1. The van der Waals surface area contributed by atoms with Gasteiger partial charge in [0.15, 0.2) is 10.7 Å². The number of rotatable bonds is 2. The molecule has 3 heterocycles. The molecule has 1 aromatic heterocycles. The third-order valence-corrected chi connectivity index (χ3v) is 6.17. The van der Waals surface area contributed by atoms with Gasteiger partial charge in [-0.2, -0.15) is 0 Å². The van der Waals surface area contributed by atoms with Gasteiger partial charge in [-0.3, -0.25) is 4.98 Å². The van der Waals surface area contributed by atoms with Crippen LogP contribution in [0.2, 0.25) is 0 Å². The number of hydrogen-bond donors (Lipinski definition) is 1. The highest BCUT2D eigenvalue weighted by Gasteiger charge is 2.40. The summed E-state index contributed by atoms with van der Waals surface area (Å²) in [5.41, 5.74) is 0. The molecular formula is C16H18FN3OS. The first kappa shape index (κ1) is 14.4. The molecule has 0 bridgehead atoms. The van der Waals surface area contributed by atoms with Gasteiger partial charge < -0.3 is 9.87 Å². The Morgan fingerprint density at radius 3 is 3.09 bits per heavy atom. The molecule has 22 heavy (non-hydrogen) atoms. The van der Waals surface area contributed by atoms with E-state index in [0.29, 0.717) is 27.6 Å². The molecule has 3 unspecified atom stereocenters. The van der Waals surface area contributed by atoms with Crippen molar-refractivity contribution in [1.29, 1.82) is 0 Å². The van der Waals surface area contributed by atoms with E-state index >= 15 is 0 Å². The first-order valence-corrected chi connectivity index (χ1v) is 8.77. The second-order valence-electron chi connectivity index (χ2n) is 6.03. The van der Waals surface area contributed by atoms with Gasteiger partial charge >= 0.3 is 0 Å². The zero-order valence-corrected chi connectivity index (χ0v) is 13.0. The van der Waals surface area contributed by atoms with E-state index in [9.17, 15) is 8.94 Å². The number of fused-ring (bicyclic) bond motifs is 2. The Balaban J connectivity index is 1.67. The lowest BCUT2D eigenvalue weighted by molar-refractivity contribution is 0.339. The van der Waals surface area contributed by atoms with Crippen LogP contribution in [0.5, 0.6) is 0 Å². The van der Waals surface area contributed by atoms with Gasteiger partial charge in [-0.05, 0) is 31.4 Å². The van der Waals surface area contributed by atoms with Crippen LogP contribution in [0.1, 0.15) is 12.8 Å². The normalized spacial score (nSPS) is 27.0. The molecule has 0 radical (unpaired) electrons. The topological polar surface area (TPSA) is 51.2 Å². The van der Waals surface area contributed by atoms with Gasteiger partial charge in [0.05, 0.1) is 29.5 Å². The Labute approximate surface area is 132 Å². The predicted molar refractivity (Wildman–Crippen MR) is 84.2 cm³/mol. The fourth-order valence-corrected chi connectivity index (χ4v) is 5.07. The zero-order valence-electron chi connectivity index (χ0n) is 12.2. The van der Waals surface area contributed by atoms with E-state index in [1.807, 2.05) is 10.4 Å². The van der Waals surface area contributed by atoms with Crippen LogP contribution in [0.15, 0.2) is 35.5 Å². The number of nitrogens with one attached hydrogen (secondary N) is 1. The molecule has 3 atom stereocenters. The summed E-state index contributed by atoms with van der Waals surface area (Å²) in [6.45, 7) is 2.62. The molecule has 4 rings (SSSR count). The Bertz CT molecular complexity index is 679. The number of halogens is 1. The van der Waals surface area contributed by atoms with E-state index in [2.05, 4.69) is 10.3 Å². The lowest BCUT2D eigenvalue weighted by atomic mass is 9.94. The number of aromatic nitrogens is 1. The fraction of sp³-hybridized carbons (Fsp3) is 0.438. The standard InChI is InChI=1S/C16H18FN3OS/c17-13-8-18-7-11-3-1-5-15(16(11)13)22(21)20-9-12-4-2-6-19-14(12)10-20/h1,3,5,7-8,12,14,19H,2,4,6,9-10H2. The first-order valence-electron chi connectivity index (χ1n) is 7.66. The van der Waals surface area contributed by atoms with Gasteiger partial charge in [0.25, 0.3) is 0 Å². The minimum Gasteiger partial charge on any atom is -0.593 e. The molecule has 0 saturated carbocycles. The Hall–Kier alpha value is -1.21. The second-order valence-corrected chi connectivity index (χ2v) is 7.49. The van der Waals surface area contributed by atoms with Gasteiger partial charge in [0.1, 0.15) is 0 Å². The maximum atomic E-state index is 14.2. The number of piperidine rings is 1. The van der Waals surface area contributed by atoms with E-state index in [0.717, 1.165) is 19.6 Å². The van der Waals surface area contributed by atoms with E-state index in [-0.39, 0.29) is 0 Å². The molecule has 2 aliphatic heterocycles.